The Labute approximate surface area is 146 Å². The van der Waals surface area contributed by atoms with Crippen molar-refractivity contribution >= 4 is 12.1 Å². The van der Waals surface area contributed by atoms with Gasteiger partial charge in [-0.2, -0.15) is 0 Å². The molecule has 0 fully saturated rings. The zero-order valence-corrected chi connectivity index (χ0v) is 14.2. The van der Waals surface area contributed by atoms with Crippen LogP contribution in [0.5, 0.6) is 0 Å². The van der Waals surface area contributed by atoms with Gasteiger partial charge < -0.3 is 19.9 Å². The first-order valence-corrected chi connectivity index (χ1v) is 7.77. The van der Waals surface area contributed by atoms with E-state index in [0.717, 1.165) is 5.56 Å². The highest BCUT2D eigenvalue weighted by Crippen LogP contribution is 2.22. The van der Waals surface area contributed by atoms with E-state index in [1.807, 2.05) is 30.3 Å². The van der Waals surface area contributed by atoms with Crippen LogP contribution in [0.1, 0.15) is 28.4 Å². The van der Waals surface area contributed by atoms with E-state index in [1.165, 1.54) is 7.11 Å². The lowest BCUT2D eigenvalue weighted by Crippen LogP contribution is -2.46. The Morgan fingerprint density at radius 3 is 2.48 bits per heavy atom. The molecule has 0 bridgehead atoms. The molecule has 25 heavy (non-hydrogen) atoms. The summed E-state index contributed by atoms with van der Waals surface area (Å²) < 4.78 is 9.89. The standard InChI is InChI=1S/C19H21NO5/c1-19(13-21,16-10-6-9-15(11-16)17(22)24-2)20-18(23)25-12-14-7-4-3-5-8-14/h3-11,21H,12-13H2,1-2H3,(H,20,23). The van der Waals surface area contributed by atoms with Crippen molar-refractivity contribution in [2.75, 3.05) is 13.7 Å². The van der Waals surface area contributed by atoms with Crippen molar-refractivity contribution in [3.63, 3.8) is 0 Å². The van der Waals surface area contributed by atoms with Crippen molar-refractivity contribution in [1.82, 2.24) is 5.32 Å². The maximum Gasteiger partial charge on any atom is 0.408 e. The highest BCUT2D eigenvalue weighted by molar-refractivity contribution is 5.89. The van der Waals surface area contributed by atoms with Gasteiger partial charge in [-0.25, -0.2) is 9.59 Å². The molecule has 1 unspecified atom stereocenters. The Balaban J connectivity index is 2.08. The van der Waals surface area contributed by atoms with Crippen LogP contribution in [-0.4, -0.2) is 30.9 Å². The summed E-state index contributed by atoms with van der Waals surface area (Å²) >= 11 is 0. The number of rotatable bonds is 6. The van der Waals surface area contributed by atoms with Crippen LogP contribution in [0, 0.1) is 0 Å². The summed E-state index contributed by atoms with van der Waals surface area (Å²) in [5.74, 6) is -0.492. The van der Waals surface area contributed by atoms with E-state index in [9.17, 15) is 14.7 Å². The van der Waals surface area contributed by atoms with Crippen molar-refractivity contribution in [3.05, 3.63) is 71.3 Å². The molecular formula is C19H21NO5. The molecule has 132 valence electrons. The lowest BCUT2D eigenvalue weighted by atomic mass is 9.91. The number of nitrogens with one attached hydrogen (secondary N) is 1. The predicted molar refractivity (Wildman–Crippen MR) is 92.0 cm³/mol. The minimum absolute atomic E-state index is 0.121. The molecule has 2 rings (SSSR count). The van der Waals surface area contributed by atoms with E-state index >= 15 is 0 Å². The molecule has 1 amide bonds. The molecular weight excluding hydrogens is 322 g/mol. The van der Waals surface area contributed by atoms with Crippen LogP contribution in [0.25, 0.3) is 0 Å². The largest absolute Gasteiger partial charge is 0.465 e. The summed E-state index contributed by atoms with van der Waals surface area (Å²) in [5, 5.41) is 12.4. The van der Waals surface area contributed by atoms with Crippen LogP contribution in [0.2, 0.25) is 0 Å². The minimum Gasteiger partial charge on any atom is -0.465 e. The first-order chi connectivity index (χ1) is 12.0. The summed E-state index contributed by atoms with van der Waals surface area (Å²) in [6.45, 7) is 1.40. The third kappa shape index (κ3) is 4.81. The van der Waals surface area contributed by atoms with Gasteiger partial charge in [-0.05, 0) is 30.2 Å². The number of amides is 1. The molecule has 0 saturated heterocycles. The number of ether oxygens (including phenoxy) is 2. The quantitative estimate of drug-likeness (QED) is 0.788. The fourth-order valence-corrected chi connectivity index (χ4v) is 2.29. The number of methoxy groups -OCH3 is 1. The zero-order chi connectivity index (χ0) is 18.3. The van der Waals surface area contributed by atoms with Gasteiger partial charge in [0.2, 0.25) is 0 Å². The first-order valence-electron chi connectivity index (χ1n) is 7.77. The smallest absolute Gasteiger partial charge is 0.408 e. The molecule has 0 radical (unpaired) electrons. The molecule has 0 saturated carbocycles. The molecule has 2 aromatic carbocycles. The van der Waals surface area contributed by atoms with Gasteiger partial charge in [-0.15, -0.1) is 0 Å². The van der Waals surface area contributed by atoms with Gasteiger partial charge in [0, 0.05) is 0 Å². The average Bonchev–Trinajstić information content (AvgIpc) is 2.66. The average molecular weight is 343 g/mol. The molecule has 0 spiro atoms. The van der Waals surface area contributed by atoms with Crippen LogP contribution >= 0.6 is 0 Å². The van der Waals surface area contributed by atoms with Gasteiger partial charge in [0.15, 0.2) is 0 Å². The Bertz CT molecular complexity index is 732. The van der Waals surface area contributed by atoms with Gasteiger partial charge in [0.05, 0.1) is 24.8 Å². The Morgan fingerprint density at radius 1 is 1.12 bits per heavy atom. The number of aliphatic hydroxyl groups excluding tert-OH is 1. The summed E-state index contributed by atoms with van der Waals surface area (Å²) in [5.41, 5.74) is 0.655. The number of carbonyl (C=O) groups is 2. The number of carbonyl (C=O) groups excluding carboxylic acids is 2. The number of alkyl carbamates (subject to hydrolysis) is 1. The predicted octanol–water partition coefficient (Wildman–Crippen LogP) is 2.61. The van der Waals surface area contributed by atoms with Crippen LogP contribution in [0.15, 0.2) is 54.6 Å². The summed E-state index contributed by atoms with van der Waals surface area (Å²) in [4.78, 5) is 23.8. The maximum atomic E-state index is 12.1. The Hall–Kier alpha value is -2.86. The lowest BCUT2D eigenvalue weighted by molar-refractivity contribution is 0.0600. The minimum atomic E-state index is -1.10. The maximum absolute atomic E-state index is 12.1. The normalized spacial score (nSPS) is 12.8. The van der Waals surface area contributed by atoms with Crippen LogP contribution < -0.4 is 5.32 Å². The first kappa shape index (κ1) is 18.5. The number of hydrogen-bond donors (Lipinski definition) is 2. The molecule has 0 aliphatic heterocycles. The molecule has 2 N–H and O–H groups in total. The third-order valence-corrected chi connectivity index (χ3v) is 3.83. The van der Waals surface area contributed by atoms with E-state index in [2.05, 4.69) is 5.32 Å². The molecule has 6 heteroatoms. The van der Waals surface area contributed by atoms with E-state index in [1.54, 1.807) is 31.2 Å². The van der Waals surface area contributed by atoms with E-state index in [-0.39, 0.29) is 13.2 Å². The van der Waals surface area contributed by atoms with Gasteiger partial charge >= 0.3 is 12.1 Å². The molecule has 6 nitrogen and oxygen atoms in total. The molecule has 0 aliphatic carbocycles. The monoisotopic (exact) mass is 343 g/mol. The molecule has 0 aromatic heterocycles. The van der Waals surface area contributed by atoms with Crippen molar-refractivity contribution in [2.24, 2.45) is 0 Å². The Kier molecular flexibility index (Phi) is 6.14. The van der Waals surface area contributed by atoms with E-state index in [0.29, 0.717) is 11.1 Å². The van der Waals surface area contributed by atoms with Gasteiger partial charge in [-0.1, -0.05) is 42.5 Å². The van der Waals surface area contributed by atoms with Crippen molar-refractivity contribution < 1.29 is 24.2 Å². The highest BCUT2D eigenvalue weighted by atomic mass is 16.5. The Morgan fingerprint density at radius 2 is 1.84 bits per heavy atom. The SMILES string of the molecule is COC(=O)c1cccc(C(C)(CO)NC(=O)OCc2ccccc2)c1. The van der Waals surface area contributed by atoms with Gasteiger partial charge in [-0.3, -0.25) is 0 Å². The molecule has 2 aromatic rings. The number of hydrogen-bond acceptors (Lipinski definition) is 5. The number of aliphatic hydroxyl groups is 1. The van der Waals surface area contributed by atoms with Gasteiger partial charge in [0.1, 0.15) is 6.61 Å². The second-order valence-electron chi connectivity index (χ2n) is 5.75. The van der Waals surface area contributed by atoms with Crippen molar-refractivity contribution in [2.45, 2.75) is 19.1 Å². The summed E-state index contributed by atoms with van der Waals surface area (Å²) in [6, 6.07) is 15.8. The molecule has 0 aliphatic rings. The van der Waals surface area contributed by atoms with Crippen molar-refractivity contribution in [1.29, 1.82) is 0 Å². The fourth-order valence-electron chi connectivity index (χ4n) is 2.29. The van der Waals surface area contributed by atoms with E-state index < -0.39 is 17.6 Å². The second kappa shape index (κ2) is 8.30. The summed E-state index contributed by atoms with van der Waals surface area (Å²) in [6.07, 6.45) is -0.663. The topological polar surface area (TPSA) is 84.9 Å². The van der Waals surface area contributed by atoms with E-state index in [4.69, 9.17) is 9.47 Å². The lowest BCUT2D eigenvalue weighted by Gasteiger charge is -2.29. The van der Waals surface area contributed by atoms with Crippen LogP contribution in [-0.2, 0) is 21.6 Å². The van der Waals surface area contributed by atoms with Gasteiger partial charge in [0.25, 0.3) is 0 Å². The second-order valence-corrected chi connectivity index (χ2v) is 5.75. The number of esters is 1. The van der Waals surface area contributed by atoms with Crippen LogP contribution in [0.3, 0.4) is 0 Å². The third-order valence-electron chi connectivity index (χ3n) is 3.83. The van der Waals surface area contributed by atoms with Crippen molar-refractivity contribution in [3.8, 4) is 0 Å². The zero-order valence-electron chi connectivity index (χ0n) is 14.2. The molecule has 0 heterocycles. The molecule has 1 atom stereocenters. The highest BCUT2D eigenvalue weighted by Gasteiger charge is 2.29. The summed E-state index contributed by atoms with van der Waals surface area (Å²) in [7, 11) is 1.29. The number of benzene rings is 2. The van der Waals surface area contributed by atoms with Crippen LogP contribution in [0.4, 0.5) is 4.79 Å². The fraction of sp³-hybridized carbons (Fsp3) is 0.263.